The molecule has 0 fully saturated rings. The van der Waals surface area contributed by atoms with Gasteiger partial charge in [0.1, 0.15) is 17.9 Å². The normalized spacial score (nSPS) is 11.2. The Hall–Kier alpha value is -3.81. The second kappa shape index (κ2) is 7.67. The number of aromatic hydroxyl groups is 1. The molecule has 4 aromatic rings. The van der Waals surface area contributed by atoms with Crippen molar-refractivity contribution in [1.82, 2.24) is 4.57 Å². The molecule has 8 heteroatoms. The first-order chi connectivity index (χ1) is 14.0. The quantitative estimate of drug-likeness (QED) is 0.395. The topological polar surface area (TPSA) is 112 Å². The molecule has 148 valence electrons. The number of aromatic nitrogens is 1. The van der Waals surface area contributed by atoms with Crippen molar-refractivity contribution in [2.24, 2.45) is 0 Å². The number of carbonyl (C=O) groups excluding carboxylic acids is 1. The monoisotopic (exact) mass is 395 g/mol. The standard InChI is InChI=1S/C21H17NO7/c23-14-7-8-15-13(10-20(25)28-18(15)11-14)12-27-19(24)6-3-9-22-16-4-1-2-5-17(16)29-21(22)26/h1-2,4-5,7-8,10-11,23H,3,6,9,12H2. The molecule has 2 aromatic heterocycles. The van der Waals surface area contributed by atoms with Gasteiger partial charge in [0.25, 0.3) is 0 Å². The number of nitrogens with zero attached hydrogens (tertiary/aromatic N) is 1. The third-order valence-electron chi connectivity index (χ3n) is 4.54. The zero-order valence-electron chi connectivity index (χ0n) is 15.3. The fourth-order valence-corrected chi connectivity index (χ4v) is 3.18. The molecule has 0 spiro atoms. The summed E-state index contributed by atoms with van der Waals surface area (Å²) < 4.78 is 16.9. The van der Waals surface area contributed by atoms with Gasteiger partial charge in [-0.1, -0.05) is 12.1 Å². The largest absolute Gasteiger partial charge is 0.508 e. The van der Waals surface area contributed by atoms with E-state index in [2.05, 4.69) is 0 Å². The van der Waals surface area contributed by atoms with Gasteiger partial charge >= 0.3 is 17.4 Å². The fraction of sp³-hybridized carbons (Fsp3) is 0.190. The molecular formula is C21H17NO7. The number of oxazole rings is 1. The molecule has 2 heterocycles. The molecule has 0 aliphatic rings. The highest BCUT2D eigenvalue weighted by atomic mass is 16.5. The van der Waals surface area contributed by atoms with Crippen molar-refractivity contribution in [2.45, 2.75) is 26.0 Å². The maximum atomic E-state index is 12.1. The number of hydrogen-bond donors (Lipinski definition) is 1. The molecule has 0 saturated carbocycles. The molecule has 0 aliphatic heterocycles. The van der Waals surface area contributed by atoms with Gasteiger partial charge in [-0.05, 0) is 30.7 Å². The van der Waals surface area contributed by atoms with Crippen LogP contribution in [0.1, 0.15) is 18.4 Å². The number of ether oxygens (including phenoxy) is 1. The summed E-state index contributed by atoms with van der Waals surface area (Å²) >= 11 is 0. The first-order valence-electron chi connectivity index (χ1n) is 9.01. The van der Waals surface area contributed by atoms with Crippen LogP contribution < -0.4 is 11.4 Å². The Morgan fingerprint density at radius 1 is 1.03 bits per heavy atom. The minimum Gasteiger partial charge on any atom is -0.508 e. The Morgan fingerprint density at radius 2 is 1.86 bits per heavy atom. The number of para-hydroxylation sites is 2. The van der Waals surface area contributed by atoms with Gasteiger partial charge in [-0.3, -0.25) is 9.36 Å². The number of phenolic OH excluding ortho intramolecular Hbond substituents is 1. The fourth-order valence-electron chi connectivity index (χ4n) is 3.18. The van der Waals surface area contributed by atoms with Gasteiger partial charge in [-0.15, -0.1) is 0 Å². The summed E-state index contributed by atoms with van der Waals surface area (Å²) in [5, 5.41) is 10.1. The van der Waals surface area contributed by atoms with Gasteiger partial charge in [0.2, 0.25) is 0 Å². The molecule has 0 atom stereocenters. The number of aryl methyl sites for hydroxylation is 1. The van der Waals surface area contributed by atoms with Gasteiger partial charge in [0.15, 0.2) is 5.58 Å². The summed E-state index contributed by atoms with van der Waals surface area (Å²) in [5.74, 6) is -0.951. The van der Waals surface area contributed by atoms with Gasteiger partial charge in [-0.25, -0.2) is 9.59 Å². The van der Waals surface area contributed by atoms with E-state index in [1.54, 1.807) is 24.3 Å². The van der Waals surface area contributed by atoms with Crippen LogP contribution in [0.4, 0.5) is 0 Å². The molecule has 0 unspecified atom stereocenters. The smallest absolute Gasteiger partial charge is 0.419 e. The highest BCUT2D eigenvalue weighted by Gasteiger charge is 2.12. The number of hydrogen-bond acceptors (Lipinski definition) is 7. The number of phenols is 1. The molecule has 0 radical (unpaired) electrons. The maximum absolute atomic E-state index is 12.1. The number of carbonyl (C=O) groups is 1. The first-order valence-corrected chi connectivity index (χ1v) is 9.01. The summed E-state index contributed by atoms with van der Waals surface area (Å²) in [6.45, 7) is 0.225. The summed E-state index contributed by atoms with van der Waals surface area (Å²) in [6, 6.07) is 12.7. The van der Waals surface area contributed by atoms with Gasteiger partial charge < -0.3 is 18.7 Å². The van der Waals surface area contributed by atoms with Crippen molar-refractivity contribution in [3.05, 3.63) is 75.1 Å². The molecule has 2 aromatic carbocycles. The zero-order chi connectivity index (χ0) is 20.4. The molecule has 4 rings (SSSR count). The minimum atomic E-state index is -0.597. The molecule has 0 amide bonds. The summed E-state index contributed by atoms with van der Waals surface area (Å²) in [5.41, 5.74) is 1.29. The lowest BCUT2D eigenvalue weighted by Crippen LogP contribution is -2.15. The Morgan fingerprint density at radius 3 is 2.72 bits per heavy atom. The van der Waals surface area contributed by atoms with E-state index in [0.29, 0.717) is 35.0 Å². The second-order valence-electron chi connectivity index (χ2n) is 6.52. The summed E-state index contributed by atoms with van der Waals surface area (Å²) in [4.78, 5) is 35.7. The molecular weight excluding hydrogens is 378 g/mol. The van der Waals surface area contributed by atoms with Crippen molar-refractivity contribution in [1.29, 1.82) is 0 Å². The Labute approximate surface area is 163 Å². The van der Waals surface area contributed by atoms with E-state index < -0.39 is 17.4 Å². The lowest BCUT2D eigenvalue weighted by atomic mass is 10.1. The van der Waals surface area contributed by atoms with Gasteiger partial charge in [0, 0.05) is 36.0 Å². The number of fused-ring (bicyclic) bond motifs is 2. The van der Waals surface area contributed by atoms with Crippen molar-refractivity contribution in [3.63, 3.8) is 0 Å². The highest BCUT2D eigenvalue weighted by molar-refractivity contribution is 5.81. The Balaban J connectivity index is 1.38. The third-order valence-corrected chi connectivity index (χ3v) is 4.54. The molecule has 0 bridgehead atoms. The van der Waals surface area contributed by atoms with E-state index in [4.69, 9.17) is 13.6 Å². The van der Waals surface area contributed by atoms with Crippen LogP contribution in [0.15, 0.2) is 67.0 Å². The predicted octanol–water partition coefficient (Wildman–Crippen LogP) is 2.93. The second-order valence-corrected chi connectivity index (χ2v) is 6.52. The molecule has 8 nitrogen and oxygen atoms in total. The van der Waals surface area contributed by atoms with Gasteiger partial charge in [-0.2, -0.15) is 0 Å². The van der Waals surface area contributed by atoms with E-state index in [0.717, 1.165) is 0 Å². The minimum absolute atomic E-state index is 0.0307. The lowest BCUT2D eigenvalue weighted by molar-refractivity contribution is -0.145. The number of rotatable bonds is 6. The van der Waals surface area contributed by atoms with Crippen LogP contribution in [0.2, 0.25) is 0 Å². The van der Waals surface area contributed by atoms with Crippen molar-refractivity contribution < 1.29 is 23.5 Å². The highest BCUT2D eigenvalue weighted by Crippen LogP contribution is 2.22. The molecule has 29 heavy (non-hydrogen) atoms. The van der Waals surface area contributed by atoms with Crippen molar-refractivity contribution in [3.8, 4) is 5.75 Å². The summed E-state index contributed by atoms with van der Waals surface area (Å²) in [6.07, 6.45) is 0.500. The van der Waals surface area contributed by atoms with Gasteiger partial charge in [0.05, 0.1) is 5.52 Å². The van der Waals surface area contributed by atoms with E-state index in [9.17, 15) is 19.5 Å². The van der Waals surface area contributed by atoms with Crippen LogP contribution >= 0.6 is 0 Å². The van der Waals surface area contributed by atoms with Crippen molar-refractivity contribution >= 4 is 28.0 Å². The third kappa shape index (κ3) is 3.91. The molecule has 0 saturated heterocycles. The van der Waals surface area contributed by atoms with Crippen LogP contribution in [0.5, 0.6) is 5.75 Å². The van der Waals surface area contributed by atoms with Crippen LogP contribution in [0.25, 0.3) is 22.1 Å². The van der Waals surface area contributed by atoms with Crippen LogP contribution in [0, 0.1) is 0 Å². The zero-order valence-corrected chi connectivity index (χ0v) is 15.3. The predicted molar refractivity (Wildman–Crippen MR) is 104 cm³/mol. The Kier molecular flexibility index (Phi) is 4.90. The van der Waals surface area contributed by atoms with Crippen LogP contribution in [-0.2, 0) is 22.7 Å². The number of benzene rings is 2. The summed E-state index contributed by atoms with van der Waals surface area (Å²) in [7, 11) is 0. The van der Waals surface area contributed by atoms with Crippen LogP contribution in [-0.4, -0.2) is 15.6 Å². The Bertz CT molecular complexity index is 1310. The van der Waals surface area contributed by atoms with E-state index in [1.165, 1.54) is 22.8 Å². The van der Waals surface area contributed by atoms with E-state index in [1.807, 2.05) is 6.07 Å². The maximum Gasteiger partial charge on any atom is 0.419 e. The van der Waals surface area contributed by atoms with E-state index >= 15 is 0 Å². The lowest BCUT2D eigenvalue weighted by Gasteiger charge is -2.08. The average molecular weight is 395 g/mol. The van der Waals surface area contributed by atoms with E-state index in [-0.39, 0.29) is 24.4 Å². The molecule has 0 aliphatic carbocycles. The van der Waals surface area contributed by atoms with Crippen molar-refractivity contribution in [2.75, 3.05) is 0 Å². The first kappa shape index (κ1) is 18.5. The van der Waals surface area contributed by atoms with Crippen LogP contribution in [0.3, 0.4) is 0 Å². The average Bonchev–Trinajstić information content (AvgIpc) is 3.01. The number of esters is 1. The molecule has 1 N–H and O–H groups in total. The SMILES string of the molecule is O=C(CCCn1c(=O)oc2ccccc21)OCc1cc(=O)oc2cc(O)ccc12.